The Morgan fingerprint density at radius 3 is 2.62 bits per heavy atom. The fraction of sp³-hybridized carbons (Fsp3) is 0.467. The zero-order chi connectivity index (χ0) is 19.5. The fourth-order valence-electron chi connectivity index (χ4n) is 2.11. The molecule has 26 heavy (non-hydrogen) atoms. The van der Waals surface area contributed by atoms with Gasteiger partial charge in [-0.15, -0.1) is 0 Å². The third-order valence-electron chi connectivity index (χ3n) is 3.67. The number of alkyl halides is 4. The Morgan fingerprint density at radius 2 is 2.08 bits per heavy atom. The molecule has 0 aliphatic carbocycles. The molecule has 0 saturated carbocycles. The van der Waals surface area contributed by atoms with Crippen LogP contribution in [0, 0.1) is 18.3 Å². The highest BCUT2D eigenvalue weighted by Gasteiger charge is 2.38. The molecular formula is C15H18F4N7+. The van der Waals surface area contributed by atoms with Crippen molar-refractivity contribution >= 4 is 17.5 Å². The van der Waals surface area contributed by atoms with E-state index < -0.39 is 24.0 Å². The zero-order valence-electron chi connectivity index (χ0n) is 14.4. The van der Waals surface area contributed by atoms with Crippen LogP contribution in [0.25, 0.3) is 0 Å². The lowest BCUT2D eigenvalue weighted by molar-refractivity contribution is -0.796. The molecule has 0 saturated heterocycles. The Kier molecular flexibility index (Phi) is 5.34. The number of rotatable bonds is 6. The standard InChI is InChI=1S/C15H17F4N7/c1-4-21-12-10(15(17,18)19)5-22-13(24-12)23-11-6-26(25-9(11)2)14(3,7-16)8-20/h5-6H,4,7H2,1-3H3,(H2,21,22,23,24)/p+1. The molecule has 7 nitrogen and oxygen atoms in total. The minimum Gasteiger partial charge on any atom is -0.370 e. The molecule has 0 aromatic carbocycles. The number of anilines is 3. The van der Waals surface area contributed by atoms with E-state index in [9.17, 15) is 17.6 Å². The molecule has 0 fully saturated rings. The maximum atomic E-state index is 13.2. The van der Waals surface area contributed by atoms with E-state index in [0.717, 1.165) is 0 Å². The summed E-state index contributed by atoms with van der Waals surface area (Å²) in [5, 5.41) is 17.3. The summed E-state index contributed by atoms with van der Waals surface area (Å²) >= 11 is 0. The fourth-order valence-corrected chi connectivity index (χ4v) is 2.11. The predicted molar refractivity (Wildman–Crippen MR) is 85.4 cm³/mol. The molecule has 2 heterocycles. The van der Waals surface area contributed by atoms with Gasteiger partial charge >= 0.3 is 11.7 Å². The van der Waals surface area contributed by atoms with Crippen LogP contribution in [0.5, 0.6) is 0 Å². The Morgan fingerprint density at radius 1 is 1.38 bits per heavy atom. The predicted octanol–water partition coefficient (Wildman–Crippen LogP) is 2.80. The summed E-state index contributed by atoms with van der Waals surface area (Å²) in [7, 11) is 0. The number of hydrogen-bond donors (Lipinski definition) is 3. The lowest BCUT2D eigenvalue weighted by Crippen LogP contribution is -2.56. The monoisotopic (exact) mass is 372 g/mol. The lowest BCUT2D eigenvalue weighted by atomic mass is 10.1. The van der Waals surface area contributed by atoms with E-state index in [0.29, 0.717) is 17.6 Å². The first kappa shape index (κ1) is 19.4. The van der Waals surface area contributed by atoms with Crippen LogP contribution in [0.4, 0.5) is 35.0 Å². The minimum atomic E-state index is -4.58. The van der Waals surface area contributed by atoms with Crippen LogP contribution in [0.15, 0.2) is 12.4 Å². The molecule has 0 spiro atoms. The van der Waals surface area contributed by atoms with Crippen molar-refractivity contribution < 1.29 is 22.2 Å². The van der Waals surface area contributed by atoms with Crippen LogP contribution in [0.3, 0.4) is 0 Å². The molecule has 0 bridgehead atoms. The van der Waals surface area contributed by atoms with Crippen LogP contribution in [-0.2, 0) is 11.7 Å². The van der Waals surface area contributed by atoms with Crippen LogP contribution >= 0.6 is 0 Å². The quantitative estimate of drug-likeness (QED) is 0.536. The van der Waals surface area contributed by atoms with Gasteiger partial charge in [-0.2, -0.15) is 28.5 Å². The number of nitrogens with one attached hydrogen (secondary N) is 3. The van der Waals surface area contributed by atoms with Crippen molar-refractivity contribution in [2.75, 3.05) is 23.9 Å². The Bertz CT molecular complexity index is 824. The summed E-state index contributed by atoms with van der Waals surface area (Å²) < 4.78 is 53.4. The molecule has 1 atom stereocenters. The first-order chi connectivity index (χ1) is 12.1. The highest BCUT2D eigenvalue weighted by Crippen LogP contribution is 2.34. The van der Waals surface area contributed by atoms with Gasteiger partial charge in [0, 0.05) is 19.7 Å². The van der Waals surface area contributed by atoms with Crippen LogP contribution < -0.4 is 15.3 Å². The Balaban J connectivity index is 2.36. The Hall–Kier alpha value is -2.90. The summed E-state index contributed by atoms with van der Waals surface area (Å²) in [4.78, 5) is 7.55. The van der Waals surface area contributed by atoms with Crippen molar-refractivity contribution in [3.8, 4) is 6.07 Å². The van der Waals surface area contributed by atoms with E-state index in [2.05, 4.69) is 25.7 Å². The van der Waals surface area contributed by atoms with Gasteiger partial charge in [0.05, 0.1) is 5.69 Å². The third kappa shape index (κ3) is 3.84. The Labute approximate surface area is 147 Å². The number of halogens is 4. The van der Waals surface area contributed by atoms with E-state index in [-0.39, 0.29) is 18.3 Å². The summed E-state index contributed by atoms with van der Waals surface area (Å²) in [6.45, 7) is 4.04. The van der Waals surface area contributed by atoms with Crippen LogP contribution in [0.1, 0.15) is 25.1 Å². The van der Waals surface area contributed by atoms with Gasteiger partial charge in [0.25, 0.3) is 0 Å². The topological polar surface area (TPSA) is 93.3 Å². The molecule has 2 aromatic heterocycles. The molecule has 1 unspecified atom stereocenters. The smallest absolute Gasteiger partial charge is 0.370 e. The average molecular weight is 372 g/mol. The van der Waals surface area contributed by atoms with Gasteiger partial charge in [-0.05, 0) is 13.8 Å². The van der Waals surface area contributed by atoms with Gasteiger partial charge in [-0.3, -0.25) is 0 Å². The minimum absolute atomic E-state index is 0.0675. The summed E-state index contributed by atoms with van der Waals surface area (Å²) in [5.74, 6) is -0.411. The van der Waals surface area contributed by atoms with Gasteiger partial charge in [0.2, 0.25) is 12.1 Å². The molecule has 140 valence electrons. The molecule has 2 aromatic rings. The number of aromatic amines is 1. The van der Waals surface area contributed by atoms with E-state index in [1.54, 1.807) is 13.8 Å². The number of H-pyrrole nitrogens is 1. The number of aromatic nitrogens is 4. The molecule has 0 amide bonds. The van der Waals surface area contributed by atoms with Crippen molar-refractivity contribution in [3.05, 3.63) is 23.7 Å². The van der Waals surface area contributed by atoms with Crippen molar-refractivity contribution in [1.82, 2.24) is 15.1 Å². The molecule has 11 heteroatoms. The molecule has 2 rings (SSSR count). The molecule has 3 N–H and O–H groups in total. The van der Waals surface area contributed by atoms with Crippen molar-refractivity contribution in [2.45, 2.75) is 32.5 Å². The van der Waals surface area contributed by atoms with Crippen molar-refractivity contribution in [3.63, 3.8) is 0 Å². The van der Waals surface area contributed by atoms with Crippen LogP contribution in [0.2, 0.25) is 0 Å². The van der Waals surface area contributed by atoms with E-state index >= 15 is 0 Å². The first-order valence-corrected chi connectivity index (χ1v) is 7.68. The second kappa shape index (κ2) is 7.15. The maximum Gasteiger partial charge on any atom is 0.421 e. The number of aryl methyl sites for hydroxylation is 1. The second-order valence-corrected chi connectivity index (χ2v) is 5.78. The van der Waals surface area contributed by atoms with Gasteiger partial charge < -0.3 is 10.6 Å². The van der Waals surface area contributed by atoms with E-state index in [1.807, 2.05) is 6.07 Å². The number of hydrogen-bond acceptors (Lipinski definition) is 5. The highest BCUT2D eigenvalue weighted by atomic mass is 19.4. The summed E-state index contributed by atoms with van der Waals surface area (Å²) in [5.41, 5.74) is -1.46. The van der Waals surface area contributed by atoms with Gasteiger partial charge in [-0.1, -0.05) is 4.68 Å². The second-order valence-electron chi connectivity index (χ2n) is 5.78. The SMILES string of the molecule is CCNc1nc(Nc2c[n+](C(C)(C#N)CF)[nH]c2C)ncc1C(F)(F)F. The van der Waals surface area contributed by atoms with Crippen molar-refractivity contribution in [2.24, 2.45) is 0 Å². The first-order valence-electron chi connectivity index (χ1n) is 7.68. The molecule has 0 aliphatic rings. The van der Waals surface area contributed by atoms with E-state index in [1.165, 1.54) is 17.8 Å². The largest absolute Gasteiger partial charge is 0.421 e. The summed E-state index contributed by atoms with van der Waals surface area (Å²) in [6.07, 6.45) is -2.46. The van der Waals surface area contributed by atoms with Gasteiger partial charge in [-0.25, -0.2) is 9.37 Å². The molecular weight excluding hydrogens is 354 g/mol. The van der Waals surface area contributed by atoms with Crippen molar-refractivity contribution in [1.29, 1.82) is 5.26 Å². The van der Waals surface area contributed by atoms with Gasteiger partial charge in [0.15, 0.2) is 6.67 Å². The average Bonchev–Trinajstić information content (AvgIpc) is 2.95. The molecule has 0 radical (unpaired) electrons. The third-order valence-corrected chi connectivity index (χ3v) is 3.67. The van der Waals surface area contributed by atoms with Gasteiger partial charge in [0.1, 0.15) is 23.1 Å². The number of nitriles is 1. The highest BCUT2D eigenvalue weighted by molar-refractivity contribution is 5.57. The number of nitrogens with zero attached hydrogens (tertiary/aromatic N) is 4. The molecule has 0 aliphatic heterocycles. The lowest BCUT2D eigenvalue weighted by Gasteiger charge is -2.13. The normalized spacial score (nSPS) is 13.8. The maximum absolute atomic E-state index is 13.2. The zero-order valence-corrected chi connectivity index (χ0v) is 14.4. The summed E-state index contributed by atoms with van der Waals surface area (Å²) in [6, 6.07) is 1.86. The van der Waals surface area contributed by atoms with E-state index in [4.69, 9.17) is 5.26 Å². The van der Waals surface area contributed by atoms with Crippen LogP contribution in [-0.4, -0.2) is 28.3 Å².